The number of carbonyl (C=O) groups excluding carboxylic acids is 3. The number of halogens is 1. The van der Waals surface area contributed by atoms with E-state index in [0.717, 1.165) is 64.6 Å². The molecule has 7 nitrogen and oxygen atoms in total. The number of piperidine rings is 1. The molecule has 0 N–H and O–H groups in total. The molecule has 1 aliphatic carbocycles. The number of amides is 4. The van der Waals surface area contributed by atoms with Crippen LogP contribution in [0.5, 0.6) is 0 Å². The number of nitrogens with zero attached hydrogens (tertiary/aromatic N) is 4. The summed E-state index contributed by atoms with van der Waals surface area (Å²) in [6.45, 7) is 8.76. The second-order valence-electron chi connectivity index (χ2n) is 13.0. The van der Waals surface area contributed by atoms with Gasteiger partial charge in [0, 0.05) is 56.1 Å². The van der Waals surface area contributed by atoms with Crippen molar-refractivity contribution in [3.8, 4) is 0 Å². The Balaban J connectivity index is 0.00000294. The quantitative estimate of drug-likeness (QED) is 0.514. The van der Waals surface area contributed by atoms with E-state index in [4.69, 9.17) is 0 Å². The number of rotatable bonds is 5. The molecular formula is C30H43ClN4O3. The maximum atomic E-state index is 13.5. The first-order valence-electron chi connectivity index (χ1n) is 14.4. The van der Waals surface area contributed by atoms with Crippen molar-refractivity contribution in [3.05, 3.63) is 35.9 Å². The maximum Gasteiger partial charge on any atom is 0.327 e. The molecule has 2 bridgehead atoms. The molecule has 4 saturated heterocycles. The lowest BCUT2D eigenvalue weighted by Crippen LogP contribution is -2.62. The molecule has 1 aromatic rings. The minimum absolute atomic E-state index is 0. The van der Waals surface area contributed by atoms with Crippen LogP contribution in [0.4, 0.5) is 4.79 Å². The van der Waals surface area contributed by atoms with Crippen molar-refractivity contribution in [2.24, 2.45) is 11.3 Å². The predicted molar refractivity (Wildman–Crippen MR) is 149 cm³/mol. The molecular weight excluding hydrogens is 500 g/mol. The van der Waals surface area contributed by atoms with Crippen LogP contribution >= 0.6 is 12.4 Å². The fraction of sp³-hybridized carbons (Fsp3) is 0.700. The van der Waals surface area contributed by atoms with Crippen LogP contribution in [0, 0.1) is 11.3 Å². The number of imide groups is 1. The van der Waals surface area contributed by atoms with E-state index in [1.807, 2.05) is 18.7 Å². The van der Waals surface area contributed by atoms with Gasteiger partial charge in [0.05, 0.1) is 0 Å². The smallest absolute Gasteiger partial charge is 0.327 e. The van der Waals surface area contributed by atoms with Gasteiger partial charge in [0.2, 0.25) is 5.91 Å². The van der Waals surface area contributed by atoms with Crippen molar-refractivity contribution >= 4 is 30.3 Å². The molecule has 1 aromatic carbocycles. The summed E-state index contributed by atoms with van der Waals surface area (Å²) in [6.07, 6.45) is 6.77. The summed E-state index contributed by atoms with van der Waals surface area (Å²) in [5.41, 5.74) is 0.456. The summed E-state index contributed by atoms with van der Waals surface area (Å²) < 4.78 is 0. The zero-order chi connectivity index (χ0) is 26.1. The van der Waals surface area contributed by atoms with E-state index >= 15 is 0 Å². The molecule has 1 spiro atoms. The van der Waals surface area contributed by atoms with Crippen LogP contribution in [0.15, 0.2) is 30.3 Å². The summed E-state index contributed by atoms with van der Waals surface area (Å²) in [5, 5.41) is 0. The van der Waals surface area contributed by atoms with Gasteiger partial charge in [-0.05, 0) is 63.9 Å². The minimum Gasteiger partial charge on any atom is -0.341 e. The Labute approximate surface area is 233 Å². The van der Waals surface area contributed by atoms with Crippen molar-refractivity contribution in [1.29, 1.82) is 0 Å². The average molecular weight is 543 g/mol. The second-order valence-corrected chi connectivity index (χ2v) is 13.0. The fourth-order valence-electron chi connectivity index (χ4n) is 8.42. The van der Waals surface area contributed by atoms with Crippen molar-refractivity contribution in [2.45, 2.75) is 95.3 Å². The van der Waals surface area contributed by atoms with Gasteiger partial charge in [-0.3, -0.25) is 19.4 Å². The van der Waals surface area contributed by atoms with E-state index in [9.17, 15) is 14.4 Å². The highest BCUT2D eigenvalue weighted by Gasteiger charge is 2.63. The fourth-order valence-corrected chi connectivity index (χ4v) is 8.42. The molecule has 2 unspecified atom stereocenters. The first-order valence-corrected chi connectivity index (χ1v) is 14.4. The van der Waals surface area contributed by atoms with Crippen LogP contribution < -0.4 is 0 Å². The first kappa shape index (κ1) is 27.4. The molecule has 4 aliphatic heterocycles. The molecule has 6 rings (SSSR count). The Morgan fingerprint density at radius 1 is 1.03 bits per heavy atom. The average Bonchev–Trinajstić information content (AvgIpc) is 3.44. The summed E-state index contributed by atoms with van der Waals surface area (Å²) in [4.78, 5) is 48.0. The number of fused-ring (bicyclic) bond motifs is 2. The van der Waals surface area contributed by atoms with Crippen LogP contribution in [-0.2, 0) is 9.59 Å². The number of carbonyl (C=O) groups is 3. The Morgan fingerprint density at radius 3 is 2.21 bits per heavy atom. The van der Waals surface area contributed by atoms with Crippen molar-refractivity contribution in [1.82, 2.24) is 19.6 Å². The van der Waals surface area contributed by atoms with Crippen molar-refractivity contribution in [2.75, 3.05) is 26.7 Å². The number of likely N-dealkylation sites (N-methyl/N-ethyl adjacent to an activating group) is 1. The molecule has 4 atom stereocenters. The maximum absolute atomic E-state index is 13.5. The lowest BCUT2D eigenvalue weighted by Gasteiger charge is -2.48. The SMILES string of the molecule is CC(C)N1C(=O)N(C)C(=O)C12CC1CCC(C2)N1C[C@H]1CN(C(=O)C2(C)CCC2)C[C@@H]1c1ccccc1.Cl. The molecule has 208 valence electrons. The Morgan fingerprint density at radius 2 is 1.66 bits per heavy atom. The monoisotopic (exact) mass is 542 g/mol. The Hall–Kier alpha value is -2.12. The van der Waals surface area contributed by atoms with Gasteiger partial charge in [0.15, 0.2) is 0 Å². The summed E-state index contributed by atoms with van der Waals surface area (Å²) >= 11 is 0. The Bertz CT molecular complexity index is 1080. The van der Waals surface area contributed by atoms with Crippen LogP contribution in [0.25, 0.3) is 0 Å². The highest BCUT2D eigenvalue weighted by atomic mass is 35.5. The largest absolute Gasteiger partial charge is 0.341 e. The van der Waals surface area contributed by atoms with Gasteiger partial charge in [-0.25, -0.2) is 4.79 Å². The highest BCUT2D eigenvalue weighted by Crippen LogP contribution is 2.49. The van der Waals surface area contributed by atoms with Gasteiger partial charge in [-0.1, -0.05) is 43.7 Å². The van der Waals surface area contributed by atoms with Crippen molar-refractivity contribution in [3.63, 3.8) is 0 Å². The van der Waals surface area contributed by atoms with E-state index in [1.165, 1.54) is 10.5 Å². The summed E-state index contributed by atoms with van der Waals surface area (Å²) in [7, 11) is 1.64. The van der Waals surface area contributed by atoms with E-state index in [0.29, 0.717) is 29.8 Å². The molecule has 0 radical (unpaired) electrons. The first-order chi connectivity index (χ1) is 17.6. The van der Waals surface area contributed by atoms with Gasteiger partial charge in [0.25, 0.3) is 5.91 Å². The van der Waals surface area contributed by atoms with Gasteiger partial charge in [-0.2, -0.15) is 0 Å². The van der Waals surface area contributed by atoms with E-state index < -0.39 is 5.54 Å². The Kier molecular flexibility index (Phi) is 7.09. The number of hydrogen-bond acceptors (Lipinski definition) is 4. The minimum atomic E-state index is -0.697. The van der Waals surface area contributed by atoms with Crippen LogP contribution in [-0.4, -0.2) is 87.8 Å². The van der Waals surface area contributed by atoms with Gasteiger partial charge < -0.3 is 9.80 Å². The highest BCUT2D eigenvalue weighted by molar-refractivity contribution is 6.07. The molecule has 5 aliphatic rings. The van der Waals surface area contributed by atoms with Crippen LogP contribution in [0.3, 0.4) is 0 Å². The molecule has 4 heterocycles. The number of hydrogen-bond donors (Lipinski definition) is 0. The van der Waals surface area contributed by atoms with Crippen molar-refractivity contribution < 1.29 is 14.4 Å². The van der Waals surface area contributed by atoms with E-state index in [2.05, 4.69) is 47.1 Å². The predicted octanol–water partition coefficient (Wildman–Crippen LogP) is 4.51. The molecule has 1 saturated carbocycles. The number of benzene rings is 1. The zero-order valence-corrected chi connectivity index (χ0v) is 24.1. The second kappa shape index (κ2) is 9.81. The lowest BCUT2D eigenvalue weighted by molar-refractivity contribution is -0.145. The van der Waals surface area contributed by atoms with Crippen LogP contribution in [0.2, 0.25) is 0 Å². The van der Waals surface area contributed by atoms with Gasteiger partial charge >= 0.3 is 6.03 Å². The topological polar surface area (TPSA) is 64.2 Å². The zero-order valence-electron chi connectivity index (χ0n) is 23.3. The molecule has 5 fully saturated rings. The van der Waals surface area contributed by atoms with Gasteiger partial charge in [-0.15, -0.1) is 12.4 Å². The number of urea groups is 1. The molecule has 38 heavy (non-hydrogen) atoms. The molecule has 0 aromatic heterocycles. The molecule has 4 amide bonds. The summed E-state index contributed by atoms with van der Waals surface area (Å²) in [6, 6.07) is 11.2. The lowest BCUT2D eigenvalue weighted by atomic mass is 9.69. The summed E-state index contributed by atoms with van der Waals surface area (Å²) in [5.74, 6) is 1.03. The molecule has 8 heteroatoms. The third-order valence-electron chi connectivity index (χ3n) is 10.5. The van der Waals surface area contributed by atoms with Crippen LogP contribution in [0.1, 0.15) is 77.2 Å². The third-order valence-corrected chi connectivity index (χ3v) is 10.5. The number of likely N-dealkylation sites (tertiary alicyclic amines) is 1. The third kappa shape index (κ3) is 4.07. The van der Waals surface area contributed by atoms with E-state index in [-0.39, 0.29) is 35.8 Å². The van der Waals surface area contributed by atoms with E-state index in [1.54, 1.807) is 7.05 Å². The standard InChI is InChI=1S/C30H42N4O3.ClH/c1-20(2)34-28(37)31(4)27(36)30(34)15-23-11-12-24(16-30)33(23)18-22-17-32(26(35)29(3)13-8-14-29)19-25(22)21-9-6-5-7-10-21;/h5-7,9-10,20,22-25H,8,11-19H2,1-4H3;1H/t22-,23?,24?,25-,30?;/m1./s1. The van der Waals surface area contributed by atoms with Gasteiger partial charge in [0.1, 0.15) is 5.54 Å². The normalized spacial score (nSPS) is 34.3.